The highest BCUT2D eigenvalue weighted by Gasteiger charge is 2.31. The summed E-state index contributed by atoms with van der Waals surface area (Å²) in [5.74, 6) is -0.963. The minimum Gasteiger partial charge on any atom is -0.482 e. The Balaban J connectivity index is 1.85. The zero-order valence-electron chi connectivity index (χ0n) is 20.5. The SMILES string of the molecule is CCOc1nc2c(cc1C(=O)NC)C(=N)N(CC(=O)c1ccc(OCC(=O)O)c(C(C)(C)C)c1)C2. The Labute approximate surface area is 203 Å². The predicted molar refractivity (Wildman–Crippen MR) is 129 cm³/mol. The summed E-state index contributed by atoms with van der Waals surface area (Å²) < 4.78 is 10.9. The van der Waals surface area contributed by atoms with Crippen LogP contribution in [0.2, 0.25) is 0 Å². The number of carboxylic acids is 1. The molecule has 10 heteroatoms. The summed E-state index contributed by atoms with van der Waals surface area (Å²) in [5.41, 5.74) is 2.02. The van der Waals surface area contributed by atoms with E-state index >= 15 is 0 Å². The Hall–Kier alpha value is -3.95. The number of carbonyl (C=O) groups excluding carboxylic acids is 2. The van der Waals surface area contributed by atoms with Gasteiger partial charge in [-0.25, -0.2) is 9.78 Å². The van der Waals surface area contributed by atoms with Gasteiger partial charge in [-0.2, -0.15) is 0 Å². The second kappa shape index (κ2) is 10.1. The third-order valence-electron chi connectivity index (χ3n) is 5.53. The summed E-state index contributed by atoms with van der Waals surface area (Å²) >= 11 is 0. The van der Waals surface area contributed by atoms with Crippen molar-refractivity contribution in [2.75, 3.05) is 26.8 Å². The zero-order chi connectivity index (χ0) is 25.9. The number of hydrogen-bond donors (Lipinski definition) is 3. The molecule has 186 valence electrons. The second-order valence-corrected chi connectivity index (χ2v) is 9.12. The number of amides is 1. The molecule has 0 saturated heterocycles. The van der Waals surface area contributed by atoms with Crippen LogP contribution in [0.3, 0.4) is 0 Å². The van der Waals surface area contributed by atoms with Gasteiger partial charge in [0.25, 0.3) is 5.91 Å². The maximum Gasteiger partial charge on any atom is 0.341 e. The van der Waals surface area contributed by atoms with Crippen LogP contribution in [0.25, 0.3) is 0 Å². The molecule has 3 N–H and O–H groups in total. The van der Waals surface area contributed by atoms with Gasteiger partial charge in [0.15, 0.2) is 12.4 Å². The van der Waals surface area contributed by atoms with Crippen LogP contribution in [-0.2, 0) is 16.8 Å². The van der Waals surface area contributed by atoms with Crippen LogP contribution < -0.4 is 14.8 Å². The quantitative estimate of drug-likeness (QED) is 0.463. The highest BCUT2D eigenvalue weighted by Crippen LogP contribution is 2.33. The van der Waals surface area contributed by atoms with E-state index in [-0.39, 0.29) is 42.1 Å². The van der Waals surface area contributed by atoms with E-state index < -0.39 is 18.0 Å². The van der Waals surface area contributed by atoms with Crippen LogP contribution in [0, 0.1) is 5.41 Å². The third kappa shape index (κ3) is 5.59. The van der Waals surface area contributed by atoms with Gasteiger partial charge in [-0.05, 0) is 36.6 Å². The van der Waals surface area contributed by atoms with E-state index in [9.17, 15) is 14.4 Å². The first-order chi connectivity index (χ1) is 16.5. The lowest BCUT2D eigenvalue weighted by Gasteiger charge is -2.24. The lowest BCUT2D eigenvalue weighted by atomic mass is 9.85. The topological polar surface area (TPSA) is 142 Å². The number of amidine groups is 1. The van der Waals surface area contributed by atoms with E-state index in [1.54, 1.807) is 36.1 Å². The standard InChI is InChI=1S/C25H30N4O6/c1-6-34-24-16(23(33)27-5)10-15-18(28-24)11-29(22(15)26)12-19(30)14-7-8-20(35-13-21(31)32)17(9-14)25(2,3)4/h7-10,26H,6,11-13H2,1-5H3,(H,27,33)(H,31,32). The van der Waals surface area contributed by atoms with Crippen molar-refractivity contribution in [2.24, 2.45) is 0 Å². The van der Waals surface area contributed by atoms with Gasteiger partial charge in [0.05, 0.1) is 25.4 Å². The van der Waals surface area contributed by atoms with E-state index in [2.05, 4.69) is 10.3 Å². The van der Waals surface area contributed by atoms with Gasteiger partial charge in [-0.1, -0.05) is 20.8 Å². The van der Waals surface area contributed by atoms with Crippen molar-refractivity contribution in [1.29, 1.82) is 5.41 Å². The Morgan fingerprint density at radius 2 is 1.91 bits per heavy atom. The largest absolute Gasteiger partial charge is 0.482 e. The van der Waals surface area contributed by atoms with Crippen LogP contribution in [0.5, 0.6) is 11.6 Å². The van der Waals surface area contributed by atoms with Crippen LogP contribution in [-0.4, -0.2) is 65.3 Å². The molecule has 1 amide bonds. The maximum atomic E-state index is 13.2. The fraction of sp³-hybridized carbons (Fsp3) is 0.400. The van der Waals surface area contributed by atoms with E-state index in [4.69, 9.17) is 20.0 Å². The predicted octanol–water partition coefficient (Wildman–Crippen LogP) is 2.62. The van der Waals surface area contributed by atoms with E-state index in [1.807, 2.05) is 20.8 Å². The molecule has 0 radical (unpaired) electrons. The summed E-state index contributed by atoms with van der Waals surface area (Å²) in [6.07, 6.45) is 0. The normalized spacial score (nSPS) is 12.8. The number of Topliss-reactive ketones (excluding diaryl/α,β-unsaturated/α-hetero) is 1. The van der Waals surface area contributed by atoms with Crippen molar-refractivity contribution in [2.45, 2.75) is 39.7 Å². The van der Waals surface area contributed by atoms with Gasteiger partial charge in [0, 0.05) is 23.7 Å². The zero-order valence-corrected chi connectivity index (χ0v) is 20.5. The van der Waals surface area contributed by atoms with Crippen molar-refractivity contribution in [3.63, 3.8) is 0 Å². The van der Waals surface area contributed by atoms with Gasteiger partial charge in [0.2, 0.25) is 5.88 Å². The molecular formula is C25H30N4O6. The number of carboxylic acid groups (broad SMARTS) is 1. The fourth-order valence-corrected chi connectivity index (χ4v) is 3.79. The Morgan fingerprint density at radius 3 is 2.51 bits per heavy atom. The van der Waals surface area contributed by atoms with Crippen LogP contribution >= 0.6 is 0 Å². The molecule has 1 aromatic heterocycles. The summed E-state index contributed by atoms with van der Waals surface area (Å²) in [5, 5.41) is 20.1. The van der Waals surface area contributed by atoms with Gasteiger partial charge in [-0.3, -0.25) is 15.0 Å². The average molecular weight is 483 g/mol. The van der Waals surface area contributed by atoms with Crippen LogP contribution in [0.1, 0.15) is 65.2 Å². The van der Waals surface area contributed by atoms with Gasteiger partial charge < -0.3 is 24.8 Å². The first kappa shape index (κ1) is 25.7. The number of fused-ring (bicyclic) bond motifs is 1. The molecule has 0 unspecified atom stereocenters. The number of ether oxygens (including phenoxy) is 2. The highest BCUT2D eigenvalue weighted by molar-refractivity contribution is 6.07. The highest BCUT2D eigenvalue weighted by atomic mass is 16.5. The molecule has 0 atom stereocenters. The summed E-state index contributed by atoms with van der Waals surface area (Å²) in [7, 11) is 1.51. The van der Waals surface area contributed by atoms with Gasteiger partial charge >= 0.3 is 5.97 Å². The van der Waals surface area contributed by atoms with Crippen molar-refractivity contribution >= 4 is 23.5 Å². The average Bonchev–Trinajstić information content (AvgIpc) is 3.10. The number of aromatic nitrogens is 1. The number of aliphatic carboxylic acids is 1. The molecule has 0 bridgehead atoms. The van der Waals surface area contributed by atoms with Crippen molar-refractivity contribution < 1.29 is 29.0 Å². The third-order valence-corrected chi connectivity index (χ3v) is 5.53. The molecule has 35 heavy (non-hydrogen) atoms. The Bertz CT molecular complexity index is 1190. The molecule has 0 aliphatic carbocycles. The number of pyridine rings is 1. The lowest BCUT2D eigenvalue weighted by molar-refractivity contribution is -0.139. The number of rotatable bonds is 9. The summed E-state index contributed by atoms with van der Waals surface area (Å²) in [6.45, 7) is 7.66. The molecular weight excluding hydrogens is 452 g/mol. The molecule has 2 aromatic rings. The molecule has 1 aliphatic rings. The first-order valence-electron chi connectivity index (χ1n) is 11.2. The molecule has 0 spiro atoms. The van der Waals surface area contributed by atoms with Crippen molar-refractivity contribution in [3.8, 4) is 11.6 Å². The van der Waals surface area contributed by atoms with Gasteiger partial charge in [0.1, 0.15) is 17.1 Å². The first-order valence-corrected chi connectivity index (χ1v) is 11.2. The monoisotopic (exact) mass is 482 g/mol. The molecule has 1 aromatic carbocycles. The van der Waals surface area contributed by atoms with Crippen LogP contribution in [0.15, 0.2) is 24.3 Å². The Morgan fingerprint density at radius 1 is 1.20 bits per heavy atom. The minimum atomic E-state index is -1.09. The molecule has 3 rings (SSSR count). The molecule has 1 aliphatic heterocycles. The lowest BCUT2D eigenvalue weighted by Crippen LogP contribution is -2.30. The van der Waals surface area contributed by atoms with E-state index in [1.165, 1.54) is 7.05 Å². The molecule has 10 nitrogen and oxygen atoms in total. The van der Waals surface area contributed by atoms with E-state index in [0.29, 0.717) is 34.7 Å². The Kier molecular flexibility index (Phi) is 7.42. The minimum absolute atomic E-state index is 0.0621. The van der Waals surface area contributed by atoms with Crippen LogP contribution in [0.4, 0.5) is 0 Å². The number of nitrogens with one attached hydrogen (secondary N) is 2. The number of ketones is 1. The number of benzene rings is 1. The smallest absolute Gasteiger partial charge is 0.341 e. The molecule has 2 heterocycles. The number of hydrogen-bond acceptors (Lipinski definition) is 7. The second-order valence-electron chi connectivity index (χ2n) is 9.12. The molecule has 0 saturated carbocycles. The fourth-order valence-electron chi connectivity index (χ4n) is 3.79. The molecule has 0 fully saturated rings. The van der Waals surface area contributed by atoms with Crippen molar-refractivity contribution in [1.82, 2.24) is 15.2 Å². The number of nitrogens with zero attached hydrogens (tertiary/aromatic N) is 2. The van der Waals surface area contributed by atoms with Crippen molar-refractivity contribution in [3.05, 3.63) is 52.2 Å². The maximum absolute atomic E-state index is 13.2. The summed E-state index contributed by atoms with van der Waals surface area (Å²) in [4.78, 5) is 42.4. The van der Waals surface area contributed by atoms with Gasteiger partial charge in [-0.15, -0.1) is 0 Å². The number of carbonyl (C=O) groups is 3. The summed E-state index contributed by atoms with van der Waals surface area (Å²) in [6, 6.07) is 6.48. The van der Waals surface area contributed by atoms with E-state index in [0.717, 1.165) is 0 Å².